The van der Waals surface area contributed by atoms with E-state index in [1.54, 1.807) is 12.1 Å². The number of benzene rings is 2. The number of phenolic OH excluding ortho intramolecular Hbond substituents is 1. The van der Waals surface area contributed by atoms with Crippen LogP contribution < -0.4 is 9.64 Å². The molecule has 2 aromatic rings. The number of hydrogen-bond acceptors (Lipinski definition) is 3. The number of anilines is 1. The molecule has 1 N–H and O–H groups in total. The highest BCUT2D eigenvalue weighted by atomic mass is 16.5. The third-order valence-corrected chi connectivity index (χ3v) is 3.69. The molecule has 1 atom stereocenters. The van der Waals surface area contributed by atoms with Gasteiger partial charge in [0, 0.05) is 19.0 Å². The number of likely N-dealkylation sites (N-methyl/N-ethyl adjacent to an activating group) is 1. The maximum Gasteiger partial charge on any atom is 0.146 e. The van der Waals surface area contributed by atoms with E-state index in [1.165, 1.54) is 5.56 Å². The maximum absolute atomic E-state index is 9.62. The summed E-state index contributed by atoms with van der Waals surface area (Å²) in [6.45, 7) is 3.96. The highest BCUT2D eigenvalue weighted by Gasteiger charge is 2.25. The van der Waals surface area contributed by atoms with Gasteiger partial charge in [-0.2, -0.15) is 0 Å². The quantitative estimate of drug-likeness (QED) is 0.928. The number of nitrogens with zero attached hydrogens (tertiary/aromatic N) is 1. The SMILES string of the molecule is CCN1CC(Cc2ccccc2)Oc2cc(O)ccc21. The minimum atomic E-state index is 0.117. The highest BCUT2D eigenvalue weighted by Crippen LogP contribution is 2.36. The molecule has 2 aromatic carbocycles. The number of ether oxygens (including phenoxy) is 1. The fraction of sp³-hybridized carbons (Fsp3) is 0.294. The molecule has 0 amide bonds. The molecule has 3 nitrogen and oxygen atoms in total. The molecule has 3 rings (SSSR count). The van der Waals surface area contributed by atoms with Crippen molar-refractivity contribution in [2.45, 2.75) is 19.4 Å². The summed E-state index contributed by atoms with van der Waals surface area (Å²) in [7, 11) is 0. The monoisotopic (exact) mass is 269 g/mol. The predicted octanol–water partition coefficient (Wildman–Crippen LogP) is 3.22. The summed E-state index contributed by atoms with van der Waals surface area (Å²) in [5.74, 6) is 1.03. The lowest BCUT2D eigenvalue weighted by atomic mass is 10.1. The van der Waals surface area contributed by atoms with E-state index in [1.807, 2.05) is 12.1 Å². The van der Waals surface area contributed by atoms with Gasteiger partial charge < -0.3 is 14.7 Å². The Morgan fingerprint density at radius 2 is 2.00 bits per heavy atom. The molecule has 104 valence electrons. The Labute approximate surface area is 119 Å². The van der Waals surface area contributed by atoms with E-state index in [0.29, 0.717) is 0 Å². The summed E-state index contributed by atoms with van der Waals surface area (Å²) in [6.07, 6.45) is 0.999. The topological polar surface area (TPSA) is 32.7 Å². The van der Waals surface area contributed by atoms with E-state index in [4.69, 9.17) is 4.74 Å². The lowest BCUT2D eigenvalue weighted by Gasteiger charge is -2.35. The van der Waals surface area contributed by atoms with Crippen LogP contribution in [0.1, 0.15) is 12.5 Å². The highest BCUT2D eigenvalue weighted by molar-refractivity contribution is 5.62. The minimum Gasteiger partial charge on any atom is -0.508 e. The van der Waals surface area contributed by atoms with E-state index in [9.17, 15) is 5.11 Å². The number of aromatic hydroxyl groups is 1. The molecular formula is C17H19NO2. The van der Waals surface area contributed by atoms with Gasteiger partial charge in [-0.1, -0.05) is 30.3 Å². The average Bonchev–Trinajstić information content (AvgIpc) is 2.47. The zero-order chi connectivity index (χ0) is 13.9. The van der Waals surface area contributed by atoms with Crippen LogP contribution in [-0.2, 0) is 6.42 Å². The molecular weight excluding hydrogens is 250 g/mol. The first-order valence-electron chi connectivity index (χ1n) is 7.05. The van der Waals surface area contributed by atoms with Crippen molar-refractivity contribution in [1.82, 2.24) is 0 Å². The third-order valence-electron chi connectivity index (χ3n) is 3.69. The fourth-order valence-corrected chi connectivity index (χ4v) is 2.70. The Bertz CT molecular complexity index is 583. The van der Waals surface area contributed by atoms with Crippen molar-refractivity contribution in [3.8, 4) is 11.5 Å². The zero-order valence-corrected chi connectivity index (χ0v) is 11.6. The van der Waals surface area contributed by atoms with Gasteiger partial charge in [0.25, 0.3) is 0 Å². The van der Waals surface area contributed by atoms with E-state index >= 15 is 0 Å². The molecule has 0 radical (unpaired) electrons. The number of fused-ring (bicyclic) bond motifs is 1. The first-order valence-corrected chi connectivity index (χ1v) is 7.05. The summed E-state index contributed by atoms with van der Waals surface area (Å²) >= 11 is 0. The van der Waals surface area contributed by atoms with Crippen molar-refractivity contribution < 1.29 is 9.84 Å². The standard InChI is InChI=1S/C17H19NO2/c1-2-18-12-15(10-13-6-4-3-5-7-13)20-17-11-14(19)8-9-16(17)18/h3-9,11,15,19H,2,10,12H2,1H3. The van der Waals surface area contributed by atoms with Crippen LogP contribution >= 0.6 is 0 Å². The van der Waals surface area contributed by atoms with Crippen molar-refractivity contribution in [3.63, 3.8) is 0 Å². The molecule has 3 heteroatoms. The van der Waals surface area contributed by atoms with Crippen LogP contribution in [0.15, 0.2) is 48.5 Å². The summed E-state index contributed by atoms with van der Waals surface area (Å²) < 4.78 is 6.05. The molecule has 20 heavy (non-hydrogen) atoms. The van der Waals surface area contributed by atoms with Crippen molar-refractivity contribution in [3.05, 3.63) is 54.1 Å². The lowest BCUT2D eigenvalue weighted by molar-refractivity contribution is 0.193. The molecule has 0 saturated heterocycles. The van der Waals surface area contributed by atoms with Crippen LogP contribution in [0.4, 0.5) is 5.69 Å². The normalized spacial score (nSPS) is 17.4. The second kappa shape index (κ2) is 5.45. The molecule has 1 heterocycles. The molecule has 1 aliphatic heterocycles. The van der Waals surface area contributed by atoms with Gasteiger partial charge in [-0.15, -0.1) is 0 Å². The van der Waals surface area contributed by atoms with Gasteiger partial charge >= 0.3 is 0 Å². The van der Waals surface area contributed by atoms with Gasteiger partial charge in [-0.05, 0) is 24.6 Å². The van der Waals surface area contributed by atoms with Gasteiger partial charge in [-0.3, -0.25) is 0 Å². The van der Waals surface area contributed by atoms with Crippen LogP contribution in [0, 0.1) is 0 Å². The summed E-state index contributed by atoms with van der Waals surface area (Å²) in [6, 6.07) is 15.7. The van der Waals surface area contributed by atoms with Gasteiger partial charge in [0.15, 0.2) is 0 Å². The van der Waals surface area contributed by atoms with Crippen molar-refractivity contribution >= 4 is 5.69 Å². The Hall–Kier alpha value is -2.16. The summed E-state index contributed by atoms with van der Waals surface area (Å²) in [4.78, 5) is 2.30. The molecule has 0 spiro atoms. The van der Waals surface area contributed by atoms with E-state index in [-0.39, 0.29) is 11.9 Å². The van der Waals surface area contributed by atoms with Gasteiger partial charge in [0.2, 0.25) is 0 Å². The maximum atomic E-state index is 9.62. The van der Waals surface area contributed by atoms with Gasteiger partial charge in [0.05, 0.1) is 12.2 Å². The molecule has 0 aromatic heterocycles. The van der Waals surface area contributed by atoms with Crippen molar-refractivity contribution in [2.24, 2.45) is 0 Å². The fourth-order valence-electron chi connectivity index (χ4n) is 2.70. The predicted molar refractivity (Wildman–Crippen MR) is 80.6 cm³/mol. The third kappa shape index (κ3) is 2.57. The molecule has 0 saturated carbocycles. The molecule has 1 unspecified atom stereocenters. The summed E-state index contributed by atoms with van der Waals surface area (Å²) in [5.41, 5.74) is 2.34. The van der Waals surface area contributed by atoms with E-state index < -0.39 is 0 Å². The second-order valence-corrected chi connectivity index (χ2v) is 5.12. The van der Waals surface area contributed by atoms with Gasteiger partial charge in [-0.25, -0.2) is 0 Å². The largest absolute Gasteiger partial charge is 0.508 e. The Morgan fingerprint density at radius 1 is 1.20 bits per heavy atom. The zero-order valence-electron chi connectivity index (χ0n) is 11.6. The average molecular weight is 269 g/mol. The van der Waals surface area contributed by atoms with E-state index in [2.05, 4.69) is 36.1 Å². The smallest absolute Gasteiger partial charge is 0.146 e. The number of hydrogen-bond donors (Lipinski definition) is 1. The number of phenols is 1. The molecule has 1 aliphatic rings. The first-order chi connectivity index (χ1) is 9.76. The minimum absolute atomic E-state index is 0.117. The second-order valence-electron chi connectivity index (χ2n) is 5.12. The van der Waals surface area contributed by atoms with Crippen LogP contribution in [0.25, 0.3) is 0 Å². The number of rotatable bonds is 3. The first kappa shape index (κ1) is 12.9. The van der Waals surface area contributed by atoms with Crippen molar-refractivity contribution in [2.75, 3.05) is 18.0 Å². The molecule has 0 bridgehead atoms. The van der Waals surface area contributed by atoms with Crippen LogP contribution in [0.2, 0.25) is 0 Å². The van der Waals surface area contributed by atoms with Crippen LogP contribution in [0.3, 0.4) is 0 Å². The molecule has 0 aliphatic carbocycles. The Morgan fingerprint density at radius 3 is 2.75 bits per heavy atom. The Kier molecular flexibility index (Phi) is 3.50. The summed E-state index contributed by atoms with van der Waals surface area (Å²) in [5, 5.41) is 9.62. The molecule has 0 fully saturated rings. The van der Waals surface area contributed by atoms with Crippen molar-refractivity contribution in [1.29, 1.82) is 0 Å². The van der Waals surface area contributed by atoms with Gasteiger partial charge in [0.1, 0.15) is 17.6 Å². The lowest BCUT2D eigenvalue weighted by Crippen LogP contribution is -2.41. The van der Waals surface area contributed by atoms with E-state index in [0.717, 1.165) is 30.9 Å². The van der Waals surface area contributed by atoms with Crippen LogP contribution in [0.5, 0.6) is 11.5 Å². The Balaban J connectivity index is 1.83. The van der Waals surface area contributed by atoms with Crippen LogP contribution in [-0.4, -0.2) is 24.3 Å².